The molecule has 0 bridgehead atoms. The number of aliphatic imine (C=N–C) groups is 1. The molecule has 1 saturated heterocycles. The molecule has 0 spiro atoms. The highest BCUT2D eigenvalue weighted by molar-refractivity contribution is 5.40. The van der Waals surface area contributed by atoms with Gasteiger partial charge in [0.05, 0.1) is 32.8 Å². The summed E-state index contributed by atoms with van der Waals surface area (Å²) in [4.78, 5) is 4.26. The van der Waals surface area contributed by atoms with Crippen LogP contribution in [-0.2, 0) is 4.74 Å². The van der Waals surface area contributed by atoms with Crippen molar-refractivity contribution in [3.63, 3.8) is 0 Å². The van der Waals surface area contributed by atoms with Gasteiger partial charge in [-0.15, -0.1) is 5.10 Å². The molecule has 0 unspecified atom stereocenters. The topological polar surface area (TPSA) is 37.2 Å². The van der Waals surface area contributed by atoms with Gasteiger partial charge >= 0.3 is 0 Å². The fraction of sp³-hybridized carbons (Fsp3) is 0.923. The van der Waals surface area contributed by atoms with Gasteiger partial charge in [0.25, 0.3) is 0 Å². The predicted octanol–water partition coefficient (Wildman–Crippen LogP) is 2.38. The molecule has 1 saturated carbocycles. The van der Waals surface area contributed by atoms with Gasteiger partial charge in [-0.1, -0.05) is 32.1 Å². The van der Waals surface area contributed by atoms with Crippen molar-refractivity contribution in [3.8, 4) is 0 Å². The number of hydrogen-bond acceptors (Lipinski definition) is 4. The Kier molecular flexibility index (Phi) is 5.53. The molecule has 1 aliphatic carbocycles. The second kappa shape index (κ2) is 7.46. The zero-order valence-corrected chi connectivity index (χ0v) is 10.6. The summed E-state index contributed by atoms with van der Waals surface area (Å²) in [6.07, 6.45) is 8.27. The van der Waals surface area contributed by atoms with Gasteiger partial charge < -0.3 is 4.74 Å². The minimum atomic E-state index is 0.771. The van der Waals surface area contributed by atoms with Crippen LogP contribution < -0.4 is 0 Å². The van der Waals surface area contributed by atoms with Crippen LogP contribution in [0.2, 0.25) is 0 Å². The van der Waals surface area contributed by atoms with Gasteiger partial charge in [-0.25, -0.2) is 4.99 Å². The number of rotatable bonds is 4. The molecular formula is C13H23N3O. The number of ether oxygens (including phenoxy) is 1. The van der Waals surface area contributed by atoms with Crippen LogP contribution in [0.25, 0.3) is 0 Å². The third-order valence-corrected chi connectivity index (χ3v) is 3.62. The molecule has 2 aliphatic rings. The van der Waals surface area contributed by atoms with E-state index in [1.807, 2.05) is 5.01 Å². The van der Waals surface area contributed by atoms with Gasteiger partial charge in [-0.2, -0.15) is 0 Å². The second-order valence-corrected chi connectivity index (χ2v) is 4.94. The van der Waals surface area contributed by atoms with Gasteiger partial charge in [-0.3, -0.25) is 5.01 Å². The Bertz CT molecular complexity index is 262. The first-order chi connectivity index (χ1) is 8.45. The Hall–Kier alpha value is -0.860. The Morgan fingerprint density at radius 1 is 1.12 bits per heavy atom. The molecule has 0 aromatic carbocycles. The molecule has 96 valence electrons. The predicted molar refractivity (Wildman–Crippen MR) is 68.3 cm³/mol. The average Bonchev–Trinajstić information content (AvgIpc) is 2.41. The van der Waals surface area contributed by atoms with Crippen LogP contribution in [0.15, 0.2) is 10.1 Å². The normalized spacial score (nSPS) is 22.0. The summed E-state index contributed by atoms with van der Waals surface area (Å²) < 4.78 is 5.25. The summed E-state index contributed by atoms with van der Waals surface area (Å²) in [5.41, 5.74) is 0. The molecule has 0 atom stereocenters. The molecule has 0 aromatic rings. The fourth-order valence-corrected chi connectivity index (χ4v) is 2.52. The number of hydrogen-bond donors (Lipinski definition) is 0. The molecule has 0 N–H and O–H groups in total. The van der Waals surface area contributed by atoms with Crippen molar-refractivity contribution in [2.75, 3.05) is 32.8 Å². The molecule has 0 aromatic heterocycles. The minimum Gasteiger partial charge on any atom is -0.378 e. The first-order valence-electron chi connectivity index (χ1n) is 6.90. The Balaban J connectivity index is 1.61. The largest absolute Gasteiger partial charge is 0.378 e. The van der Waals surface area contributed by atoms with Gasteiger partial charge in [-0.05, 0) is 12.3 Å². The Morgan fingerprint density at radius 2 is 1.88 bits per heavy atom. The average molecular weight is 237 g/mol. The van der Waals surface area contributed by atoms with Crippen molar-refractivity contribution in [1.82, 2.24) is 5.01 Å². The van der Waals surface area contributed by atoms with Crippen LogP contribution in [0.5, 0.6) is 0 Å². The molecule has 0 amide bonds. The third kappa shape index (κ3) is 4.88. The van der Waals surface area contributed by atoms with Crippen molar-refractivity contribution in [3.05, 3.63) is 0 Å². The second-order valence-electron chi connectivity index (χ2n) is 4.94. The van der Waals surface area contributed by atoms with Crippen molar-refractivity contribution in [1.29, 1.82) is 0 Å². The van der Waals surface area contributed by atoms with Crippen molar-refractivity contribution in [2.45, 2.75) is 38.5 Å². The van der Waals surface area contributed by atoms with E-state index in [4.69, 9.17) is 4.74 Å². The van der Waals surface area contributed by atoms with E-state index in [0.717, 1.165) is 38.8 Å². The summed E-state index contributed by atoms with van der Waals surface area (Å²) in [5, 5.41) is 6.18. The molecule has 17 heavy (non-hydrogen) atoms. The monoisotopic (exact) mass is 237 g/mol. The SMILES string of the molecule is C(=NCCC1CCCCC1)=NN1CCOCC1. The van der Waals surface area contributed by atoms with Crippen LogP contribution in [0.4, 0.5) is 0 Å². The maximum Gasteiger partial charge on any atom is 0.114 e. The quantitative estimate of drug-likeness (QED) is 0.704. The van der Waals surface area contributed by atoms with E-state index in [9.17, 15) is 0 Å². The first kappa shape index (κ1) is 12.6. The van der Waals surface area contributed by atoms with Gasteiger partial charge in [0.2, 0.25) is 0 Å². The molecule has 0 radical (unpaired) electrons. The molecule has 2 rings (SSSR count). The highest BCUT2D eigenvalue weighted by Crippen LogP contribution is 2.25. The highest BCUT2D eigenvalue weighted by Gasteiger charge is 2.12. The van der Waals surface area contributed by atoms with Crippen LogP contribution in [0.3, 0.4) is 0 Å². The van der Waals surface area contributed by atoms with E-state index in [0.29, 0.717) is 0 Å². The Labute approximate surface area is 104 Å². The third-order valence-electron chi connectivity index (χ3n) is 3.62. The molecule has 2 fully saturated rings. The van der Waals surface area contributed by atoms with Crippen LogP contribution in [0.1, 0.15) is 38.5 Å². The highest BCUT2D eigenvalue weighted by atomic mass is 16.5. The van der Waals surface area contributed by atoms with Gasteiger partial charge in [0.1, 0.15) is 6.01 Å². The van der Waals surface area contributed by atoms with E-state index >= 15 is 0 Å². The zero-order chi connectivity index (χ0) is 11.8. The maximum atomic E-state index is 5.25. The van der Waals surface area contributed by atoms with Gasteiger partial charge in [0.15, 0.2) is 0 Å². The molecule has 4 heteroatoms. The number of nitrogens with zero attached hydrogens (tertiary/aromatic N) is 3. The van der Waals surface area contributed by atoms with E-state index < -0.39 is 0 Å². The summed E-state index contributed by atoms with van der Waals surface area (Å²) in [5.74, 6) is 0.901. The smallest absolute Gasteiger partial charge is 0.114 e. The molecule has 1 aliphatic heterocycles. The summed E-state index contributed by atoms with van der Waals surface area (Å²) in [6, 6.07) is 2.82. The lowest BCUT2D eigenvalue weighted by atomic mass is 9.87. The lowest BCUT2D eigenvalue weighted by molar-refractivity contribution is 0.0397. The van der Waals surface area contributed by atoms with Gasteiger partial charge in [0, 0.05) is 0 Å². The number of hydrazone groups is 1. The van der Waals surface area contributed by atoms with E-state index in [2.05, 4.69) is 16.1 Å². The van der Waals surface area contributed by atoms with Crippen molar-refractivity contribution < 1.29 is 4.74 Å². The molecular weight excluding hydrogens is 214 g/mol. The number of morpholine rings is 1. The maximum absolute atomic E-state index is 5.25. The van der Waals surface area contributed by atoms with Crippen LogP contribution >= 0.6 is 0 Å². The first-order valence-corrected chi connectivity index (χ1v) is 6.90. The standard InChI is InChI=1S/C13H23N3O/c1-2-4-13(5-3-1)6-7-14-12-15-16-8-10-17-11-9-16/h13H,1-11H2. The summed E-state index contributed by atoms with van der Waals surface area (Å²) in [7, 11) is 0. The van der Waals surface area contributed by atoms with Crippen LogP contribution in [0, 0.1) is 5.92 Å². The van der Waals surface area contributed by atoms with E-state index in [1.54, 1.807) is 0 Å². The Morgan fingerprint density at radius 3 is 2.65 bits per heavy atom. The zero-order valence-electron chi connectivity index (χ0n) is 10.6. The van der Waals surface area contributed by atoms with Crippen molar-refractivity contribution >= 4 is 6.01 Å². The van der Waals surface area contributed by atoms with E-state index in [1.165, 1.54) is 38.5 Å². The molecule has 1 heterocycles. The summed E-state index contributed by atoms with van der Waals surface area (Å²) in [6.45, 7) is 4.16. The lowest BCUT2D eigenvalue weighted by Gasteiger charge is -2.22. The summed E-state index contributed by atoms with van der Waals surface area (Å²) >= 11 is 0. The molecule has 4 nitrogen and oxygen atoms in total. The fourth-order valence-electron chi connectivity index (χ4n) is 2.52. The minimum absolute atomic E-state index is 0.771. The lowest BCUT2D eigenvalue weighted by Crippen LogP contribution is -2.31. The van der Waals surface area contributed by atoms with E-state index in [-0.39, 0.29) is 0 Å². The van der Waals surface area contributed by atoms with Crippen LogP contribution in [-0.4, -0.2) is 43.9 Å². The van der Waals surface area contributed by atoms with Crippen molar-refractivity contribution in [2.24, 2.45) is 16.0 Å².